The summed E-state index contributed by atoms with van der Waals surface area (Å²) in [7, 11) is 0. The Balaban J connectivity index is 1.43. The highest BCUT2D eigenvalue weighted by Crippen LogP contribution is 2.29. The van der Waals surface area contributed by atoms with E-state index in [1.807, 2.05) is 54.6 Å². The van der Waals surface area contributed by atoms with Gasteiger partial charge in [-0.15, -0.1) is 11.3 Å². The topological polar surface area (TPSA) is 93.8 Å². The van der Waals surface area contributed by atoms with Crippen molar-refractivity contribution in [3.05, 3.63) is 105 Å². The van der Waals surface area contributed by atoms with Gasteiger partial charge in [0.05, 0.1) is 16.0 Å². The van der Waals surface area contributed by atoms with Crippen LogP contribution >= 0.6 is 11.3 Å². The molecule has 1 aromatic heterocycles. The molecule has 1 heterocycles. The summed E-state index contributed by atoms with van der Waals surface area (Å²) >= 11 is 1.25. The van der Waals surface area contributed by atoms with Crippen molar-refractivity contribution in [1.29, 1.82) is 0 Å². The van der Waals surface area contributed by atoms with E-state index in [0.29, 0.717) is 22.6 Å². The van der Waals surface area contributed by atoms with Crippen LogP contribution in [-0.4, -0.2) is 17.0 Å². The second kappa shape index (κ2) is 9.19. The predicted octanol–water partition coefficient (Wildman–Crippen LogP) is 5.15. The van der Waals surface area contributed by atoms with Crippen molar-refractivity contribution in [1.82, 2.24) is 5.43 Å². The molecule has 3 aromatic carbocycles. The maximum Gasteiger partial charge on any atom is 0.281 e. The van der Waals surface area contributed by atoms with Crippen LogP contribution in [0.25, 0.3) is 10.1 Å². The molecule has 8 heteroatoms. The van der Waals surface area contributed by atoms with E-state index in [2.05, 4.69) is 10.5 Å². The smallest absolute Gasteiger partial charge is 0.281 e. The van der Waals surface area contributed by atoms with Gasteiger partial charge in [0.1, 0.15) is 12.4 Å². The van der Waals surface area contributed by atoms with Gasteiger partial charge in [0.2, 0.25) is 0 Å². The highest BCUT2D eigenvalue weighted by Gasteiger charge is 2.13. The van der Waals surface area contributed by atoms with Crippen LogP contribution < -0.4 is 10.2 Å². The van der Waals surface area contributed by atoms with E-state index in [4.69, 9.17) is 4.74 Å². The van der Waals surface area contributed by atoms with E-state index < -0.39 is 4.92 Å². The molecule has 0 spiro atoms. The summed E-state index contributed by atoms with van der Waals surface area (Å²) in [6.45, 7) is 0.423. The molecule has 154 valence electrons. The summed E-state index contributed by atoms with van der Waals surface area (Å²) in [6.07, 6.45) is 1.52. The number of hydrogen-bond acceptors (Lipinski definition) is 6. The van der Waals surface area contributed by atoms with E-state index >= 15 is 0 Å². The highest BCUT2D eigenvalue weighted by molar-refractivity contribution is 7.20. The molecule has 0 aliphatic carbocycles. The minimum atomic E-state index is -0.460. The average molecular weight is 431 g/mol. The van der Waals surface area contributed by atoms with Crippen molar-refractivity contribution in [3.8, 4) is 5.75 Å². The zero-order chi connectivity index (χ0) is 21.6. The molecule has 7 nitrogen and oxygen atoms in total. The fraction of sp³-hybridized carbons (Fsp3) is 0.0435. The van der Waals surface area contributed by atoms with Gasteiger partial charge in [-0.05, 0) is 29.8 Å². The first-order valence-corrected chi connectivity index (χ1v) is 10.2. The Labute approximate surface area is 181 Å². The maximum atomic E-state index is 12.4. The van der Waals surface area contributed by atoms with Gasteiger partial charge in [-0.1, -0.05) is 42.5 Å². The highest BCUT2D eigenvalue weighted by atomic mass is 32.1. The number of hydrazone groups is 1. The van der Waals surface area contributed by atoms with Crippen LogP contribution in [0.3, 0.4) is 0 Å². The molecular formula is C23H17N3O4S. The molecule has 4 aromatic rings. The normalized spacial score (nSPS) is 11.0. The van der Waals surface area contributed by atoms with E-state index in [1.165, 1.54) is 29.7 Å². The van der Waals surface area contributed by atoms with Crippen molar-refractivity contribution in [2.24, 2.45) is 5.10 Å². The summed E-state index contributed by atoms with van der Waals surface area (Å²) in [4.78, 5) is 23.3. The second-order valence-electron chi connectivity index (χ2n) is 6.60. The number of amides is 1. The summed E-state index contributed by atoms with van der Waals surface area (Å²) in [6, 6.07) is 23.4. The molecule has 0 radical (unpaired) electrons. The van der Waals surface area contributed by atoms with Crippen LogP contribution in [0.4, 0.5) is 5.69 Å². The van der Waals surface area contributed by atoms with Gasteiger partial charge >= 0.3 is 0 Å². The number of thiophene rings is 1. The Morgan fingerprint density at radius 1 is 1.06 bits per heavy atom. The molecule has 0 bridgehead atoms. The minimum absolute atomic E-state index is 0.0117. The van der Waals surface area contributed by atoms with Gasteiger partial charge in [0.25, 0.3) is 11.6 Å². The number of nitro groups is 1. The summed E-state index contributed by atoms with van der Waals surface area (Å²) in [5, 5.41) is 15.6. The number of carbonyl (C=O) groups excluding carboxylic acids is 1. The number of nitrogens with zero attached hydrogens (tertiary/aromatic N) is 2. The lowest BCUT2D eigenvalue weighted by atomic mass is 10.2. The SMILES string of the molecule is O=C(N/N=C\c1ccccc1OCc1ccccc1)c1cc2cc([N+](=O)[O-])ccc2s1. The van der Waals surface area contributed by atoms with Crippen molar-refractivity contribution in [2.75, 3.05) is 0 Å². The van der Waals surface area contributed by atoms with Gasteiger partial charge in [-0.2, -0.15) is 5.10 Å². The van der Waals surface area contributed by atoms with Gasteiger partial charge in [0, 0.05) is 27.8 Å². The number of nitro benzene ring substituents is 1. The number of hydrogen-bond donors (Lipinski definition) is 1. The predicted molar refractivity (Wildman–Crippen MR) is 121 cm³/mol. The molecule has 0 aliphatic rings. The van der Waals surface area contributed by atoms with Crippen LogP contribution in [0.2, 0.25) is 0 Å². The lowest BCUT2D eigenvalue weighted by Gasteiger charge is -2.08. The molecule has 0 unspecified atom stereocenters. The Morgan fingerprint density at radius 2 is 1.84 bits per heavy atom. The molecule has 4 rings (SSSR count). The summed E-state index contributed by atoms with van der Waals surface area (Å²) in [5.41, 5.74) is 4.26. The molecule has 31 heavy (non-hydrogen) atoms. The maximum absolute atomic E-state index is 12.4. The largest absolute Gasteiger partial charge is 0.488 e. The van der Waals surface area contributed by atoms with E-state index in [9.17, 15) is 14.9 Å². The van der Waals surface area contributed by atoms with Crippen molar-refractivity contribution in [2.45, 2.75) is 6.61 Å². The molecule has 0 aliphatic heterocycles. The Kier molecular flexibility index (Phi) is 6.00. The van der Waals surface area contributed by atoms with Gasteiger partial charge in [-0.25, -0.2) is 5.43 Å². The first kappa shape index (κ1) is 20.2. The summed E-state index contributed by atoms with van der Waals surface area (Å²) < 4.78 is 6.67. The van der Waals surface area contributed by atoms with E-state index in [1.54, 1.807) is 12.1 Å². The standard InChI is InChI=1S/C23H17N3O4S/c27-23(22-13-18-12-19(26(28)29)10-11-21(18)31-22)25-24-14-17-8-4-5-9-20(17)30-15-16-6-2-1-3-7-16/h1-14H,15H2,(H,25,27)/b24-14-. The molecule has 1 amide bonds. The first-order chi connectivity index (χ1) is 15.1. The second-order valence-corrected chi connectivity index (χ2v) is 7.68. The number of rotatable bonds is 7. The zero-order valence-corrected chi connectivity index (χ0v) is 17.0. The van der Waals surface area contributed by atoms with Crippen molar-refractivity contribution < 1.29 is 14.5 Å². The van der Waals surface area contributed by atoms with Gasteiger partial charge in [-0.3, -0.25) is 14.9 Å². The third-order valence-electron chi connectivity index (χ3n) is 4.46. The molecule has 0 saturated carbocycles. The van der Waals surface area contributed by atoms with E-state index in [-0.39, 0.29) is 11.6 Å². The average Bonchev–Trinajstić information content (AvgIpc) is 3.22. The molecule has 0 saturated heterocycles. The monoisotopic (exact) mass is 431 g/mol. The number of ether oxygens (including phenoxy) is 1. The lowest BCUT2D eigenvalue weighted by molar-refractivity contribution is -0.384. The van der Waals surface area contributed by atoms with Crippen molar-refractivity contribution >= 4 is 39.2 Å². The number of carbonyl (C=O) groups is 1. The third-order valence-corrected chi connectivity index (χ3v) is 5.58. The van der Waals surface area contributed by atoms with Crippen LogP contribution in [0.15, 0.2) is 84.0 Å². The molecule has 0 fully saturated rings. The third kappa shape index (κ3) is 4.93. The molecule has 0 atom stereocenters. The number of nitrogens with one attached hydrogen (secondary N) is 1. The van der Waals surface area contributed by atoms with Gasteiger partial charge in [0.15, 0.2) is 0 Å². The lowest BCUT2D eigenvalue weighted by Crippen LogP contribution is -2.16. The minimum Gasteiger partial charge on any atom is -0.488 e. The number of para-hydroxylation sites is 1. The Morgan fingerprint density at radius 3 is 2.65 bits per heavy atom. The molecular weight excluding hydrogens is 414 g/mol. The number of non-ortho nitro benzene ring substituents is 1. The van der Waals surface area contributed by atoms with Crippen LogP contribution in [0.1, 0.15) is 20.8 Å². The quantitative estimate of drug-likeness (QED) is 0.249. The zero-order valence-electron chi connectivity index (χ0n) is 16.2. The van der Waals surface area contributed by atoms with E-state index in [0.717, 1.165) is 15.8 Å². The summed E-state index contributed by atoms with van der Waals surface area (Å²) in [5.74, 6) is 0.265. The fourth-order valence-corrected chi connectivity index (χ4v) is 3.86. The van der Waals surface area contributed by atoms with Crippen LogP contribution in [-0.2, 0) is 6.61 Å². The number of fused-ring (bicyclic) bond motifs is 1. The van der Waals surface area contributed by atoms with Crippen LogP contribution in [0.5, 0.6) is 5.75 Å². The Hall–Kier alpha value is -4.04. The van der Waals surface area contributed by atoms with Gasteiger partial charge < -0.3 is 4.74 Å². The van der Waals surface area contributed by atoms with Crippen molar-refractivity contribution in [3.63, 3.8) is 0 Å². The fourth-order valence-electron chi connectivity index (χ4n) is 2.93. The van der Waals surface area contributed by atoms with Crippen LogP contribution in [0, 0.1) is 10.1 Å². The Bertz CT molecular complexity index is 1270. The number of benzene rings is 3. The molecule has 1 N–H and O–H groups in total. The first-order valence-electron chi connectivity index (χ1n) is 9.37.